The van der Waals surface area contributed by atoms with Crippen LogP contribution in [0.25, 0.3) is 0 Å². The van der Waals surface area contributed by atoms with E-state index in [1.807, 2.05) is 13.0 Å². The van der Waals surface area contributed by atoms with E-state index < -0.39 is 10.0 Å². The number of hydrogen-bond donors (Lipinski definition) is 1. The smallest absolute Gasteiger partial charge is 0.243 e. The Morgan fingerprint density at radius 1 is 1.03 bits per heavy atom. The number of nitrogens with zero attached hydrogens (tertiary/aromatic N) is 3. The van der Waals surface area contributed by atoms with E-state index in [0.29, 0.717) is 30.2 Å². The fraction of sp³-hybridized carbons (Fsp3) is 0.565. The highest BCUT2D eigenvalue weighted by atomic mass is 32.2. The van der Waals surface area contributed by atoms with Gasteiger partial charge in [0.05, 0.1) is 28.4 Å². The maximum Gasteiger partial charge on any atom is 0.243 e. The summed E-state index contributed by atoms with van der Waals surface area (Å²) in [4.78, 5) is 15.4. The van der Waals surface area contributed by atoms with Gasteiger partial charge in [0, 0.05) is 31.7 Å². The van der Waals surface area contributed by atoms with E-state index >= 15 is 0 Å². The lowest BCUT2D eigenvalue weighted by Crippen LogP contribution is -2.36. The molecule has 0 saturated carbocycles. The van der Waals surface area contributed by atoms with Gasteiger partial charge in [-0.25, -0.2) is 8.42 Å². The van der Waals surface area contributed by atoms with Crippen molar-refractivity contribution in [3.63, 3.8) is 0 Å². The Hall–Kier alpha value is -2.39. The number of carbonyl (C=O) groups is 1. The van der Waals surface area contributed by atoms with Gasteiger partial charge in [0.1, 0.15) is 5.76 Å². The van der Waals surface area contributed by atoms with Crippen molar-refractivity contribution in [3.8, 4) is 0 Å². The van der Waals surface area contributed by atoms with Gasteiger partial charge in [-0.1, -0.05) is 11.6 Å². The fourth-order valence-corrected chi connectivity index (χ4v) is 6.09. The molecule has 2 aromatic rings. The molecule has 3 heterocycles. The topological polar surface area (TPSA) is 95.8 Å². The number of rotatable bonds is 6. The van der Waals surface area contributed by atoms with E-state index in [2.05, 4.69) is 15.4 Å². The molecule has 2 fully saturated rings. The predicted octanol–water partition coefficient (Wildman–Crippen LogP) is 3.64. The summed E-state index contributed by atoms with van der Waals surface area (Å²) < 4.78 is 33.2. The third kappa shape index (κ3) is 4.83. The van der Waals surface area contributed by atoms with Crippen LogP contribution in [0.3, 0.4) is 0 Å². The van der Waals surface area contributed by atoms with E-state index in [4.69, 9.17) is 4.52 Å². The average Bonchev–Trinajstić information content (AvgIpc) is 3.12. The van der Waals surface area contributed by atoms with Gasteiger partial charge in [-0.3, -0.25) is 4.79 Å². The summed E-state index contributed by atoms with van der Waals surface area (Å²) in [5.41, 5.74) is 2.87. The monoisotopic (exact) mass is 460 g/mol. The van der Waals surface area contributed by atoms with E-state index in [-0.39, 0.29) is 17.2 Å². The third-order valence-electron chi connectivity index (χ3n) is 6.41. The molecule has 32 heavy (non-hydrogen) atoms. The highest BCUT2D eigenvalue weighted by Gasteiger charge is 2.28. The van der Waals surface area contributed by atoms with E-state index in [0.717, 1.165) is 56.4 Å². The first-order chi connectivity index (χ1) is 15.4. The predicted molar refractivity (Wildman–Crippen MR) is 123 cm³/mol. The lowest BCUT2D eigenvalue weighted by Gasteiger charge is -2.31. The van der Waals surface area contributed by atoms with Gasteiger partial charge in [0.15, 0.2) is 0 Å². The van der Waals surface area contributed by atoms with E-state index in [9.17, 15) is 13.2 Å². The largest absolute Gasteiger partial charge is 0.370 e. The summed E-state index contributed by atoms with van der Waals surface area (Å²) in [6.07, 6.45) is 6.30. The summed E-state index contributed by atoms with van der Waals surface area (Å²) in [6.45, 7) is 6.47. The molecule has 1 aromatic carbocycles. The molecular formula is C23H32N4O4S. The van der Waals surface area contributed by atoms with Crippen LogP contribution in [0.15, 0.2) is 27.6 Å². The van der Waals surface area contributed by atoms with Crippen molar-refractivity contribution >= 4 is 27.3 Å². The third-order valence-corrected chi connectivity index (χ3v) is 8.30. The molecular weight excluding hydrogens is 428 g/mol. The molecule has 1 amide bonds. The first kappa shape index (κ1) is 22.8. The Balaban J connectivity index is 1.63. The Kier molecular flexibility index (Phi) is 6.85. The normalized spacial score (nSPS) is 18.0. The molecule has 1 N–H and O–H groups in total. The van der Waals surface area contributed by atoms with Crippen LogP contribution in [0, 0.1) is 13.8 Å². The van der Waals surface area contributed by atoms with Crippen molar-refractivity contribution in [3.05, 3.63) is 35.2 Å². The van der Waals surface area contributed by atoms with Crippen LogP contribution in [0.5, 0.6) is 0 Å². The number of nitrogens with one attached hydrogen (secondary N) is 1. The van der Waals surface area contributed by atoms with Crippen LogP contribution in [0.1, 0.15) is 55.5 Å². The molecule has 8 nitrogen and oxygen atoms in total. The number of benzene rings is 1. The molecule has 9 heteroatoms. The van der Waals surface area contributed by atoms with Crippen molar-refractivity contribution in [1.29, 1.82) is 0 Å². The number of sulfonamides is 1. The highest BCUT2D eigenvalue weighted by Crippen LogP contribution is 2.33. The Labute approximate surface area is 190 Å². The molecule has 0 spiro atoms. The number of anilines is 2. The molecule has 174 valence electrons. The summed E-state index contributed by atoms with van der Waals surface area (Å²) >= 11 is 0. The SMILES string of the molecule is Cc1noc(C)c1CC(=O)Nc1cc(S(=O)(=O)N2CCCCC2)ccc1N1CCCCC1. The molecule has 2 aliphatic rings. The van der Waals surface area contributed by atoms with Gasteiger partial charge in [0.25, 0.3) is 0 Å². The maximum atomic E-state index is 13.2. The number of amides is 1. The quantitative estimate of drug-likeness (QED) is 0.707. The number of aromatic nitrogens is 1. The number of carbonyl (C=O) groups excluding carboxylic acids is 1. The Morgan fingerprint density at radius 2 is 1.69 bits per heavy atom. The standard InChI is InChI=1S/C23H32N4O4S/c1-17-20(18(2)31-25-17)16-23(28)24-21-15-19(32(29,30)27-13-7-4-8-14-27)9-10-22(21)26-11-5-3-6-12-26/h9-10,15H,3-8,11-14,16H2,1-2H3,(H,24,28). The zero-order valence-corrected chi connectivity index (χ0v) is 19.7. The zero-order chi connectivity index (χ0) is 22.7. The van der Waals surface area contributed by atoms with E-state index in [1.54, 1.807) is 23.4 Å². The molecule has 2 saturated heterocycles. The first-order valence-electron chi connectivity index (χ1n) is 11.5. The van der Waals surface area contributed by atoms with Gasteiger partial charge in [-0.2, -0.15) is 4.31 Å². The summed E-state index contributed by atoms with van der Waals surface area (Å²) in [7, 11) is -3.59. The van der Waals surface area contributed by atoms with Crippen LogP contribution in [-0.4, -0.2) is 50.0 Å². The number of hydrogen-bond acceptors (Lipinski definition) is 6. The second kappa shape index (κ2) is 9.62. The van der Waals surface area contributed by atoms with Crippen molar-refractivity contribution in [1.82, 2.24) is 9.46 Å². The van der Waals surface area contributed by atoms with Crippen molar-refractivity contribution < 1.29 is 17.7 Å². The van der Waals surface area contributed by atoms with Gasteiger partial charge in [0.2, 0.25) is 15.9 Å². The second-order valence-electron chi connectivity index (χ2n) is 8.72. The van der Waals surface area contributed by atoms with Crippen LogP contribution >= 0.6 is 0 Å². The first-order valence-corrected chi connectivity index (χ1v) is 12.9. The summed E-state index contributed by atoms with van der Waals surface area (Å²) in [6, 6.07) is 5.14. The van der Waals surface area contributed by atoms with Crippen molar-refractivity contribution in [2.45, 2.75) is 63.7 Å². The van der Waals surface area contributed by atoms with Crippen LogP contribution in [-0.2, 0) is 21.2 Å². The summed E-state index contributed by atoms with van der Waals surface area (Å²) in [5.74, 6) is 0.403. The van der Waals surface area contributed by atoms with Crippen LogP contribution in [0.4, 0.5) is 11.4 Å². The highest BCUT2D eigenvalue weighted by molar-refractivity contribution is 7.89. The van der Waals surface area contributed by atoms with Crippen LogP contribution in [0.2, 0.25) is 0 Å². The molecule has 2 aliphatic heterocycles. The minimum atomic E-state index is -3.59. The lowest BCUT2D eigenvalue weighted by molar-refractivity contribution is -0.115. The lowest BCUT2D eigenvalue weighted by atomic mass is 10.1. The molecule has 0 atom stereocenters. The number of aryl methyl sites for hydroxylation is 2. The Morgan fingerprint density at radius 3 is 2.31 bits per heavy atom. The van der Waals surface area contributed by atoms with Crippen molar-refractivity contribution in [2.75, 3.05) is 36.4 Å². The Bertz CT molecular complexity index is 1050. The average molecular weight is 461 g/mol. The second-order valence-corrected chi connectivity index (χ2v) is 10.7. The van der Waals surface area contributed by atoms with Gasteiger partial charge in [-0.05, 0) is 64.2 Å². The van der Waals surface area contributed by atoms with E-state index in [1.165, 1.54) is 6.42 Å². The molecule has 0 radical (unpaired) electrons. The van der Waals surface area contributed by atoms with Gasteiger partial charge in [-0.15, -0.1) is 0 Å². The van der Waals surface area contributed by atoms with Crippen molar-refractivity contribution in [2.24, 2.45) is 0 Å². The number of piperidine rings is 2. The molecule has 0 bridgehead atoms. The van der Waals surface area contributed by atoms with Gasteiger partial charge >= 0.3 is 0 Å². The molecule has 0 unspecified atom stereocenters. The molecule has 0 aliphatic carbocycles. The minimum Gasteiger partial charge on any atom is -0.370 e. The van der Waals surface area contributed by atoms with Gasteiger partial charge < -0.3 is 14.7 Å². The van der Waals surface area contributed by atoms with Crippen LogP contribution < -0.4 is 10.2 Å². The molecule has 4 rings (SSSR count). The zero-order valence-electron chi connectivity index (χ0n) is 18.9. The maximum absolute atomic E-state index is 13.2. The summed E-state index contributed by atoms with van der Waals surface area (Å²) in [5, 5.41) is 6.90. The molecule has 1 aromatic heterocycles. The fourth-order valence-electron chi connectivity index (χ4n) is 4.55. The minimum absolute atomic E-state index is 0.129.